The Morgan fingerprint density at radius 3 is 2.47 bits per heavy atom. The predicted molar refractivity (Wildman–Crippen MR) is 68.6 cm³/mol. The van der Waals surface area contributed by atoms with Crippen LogP contribution in [0.3, 0.4) is 0 Å². The molecular weight excluding hydrogens is 218 g/mol. The maximum absolute atomic E-state index is 11.6. The molecule has 0 aliphatic rings. The summed E-state index contributed by atoms with van der Waals surface area (Å²) in [6.07, 6.45) is 0.992. The second-order valence-corrected chi connectivity index (χ2v) is 4.62. The summed E-state index contributed by atoms with van der Waals surface area (Å²) < 4.78 is 0. The van der Waals surface area contributed by atoms with Gasteiger partial charge in [0.05, 0.1) is 13.1 Å². The van der Waals surface area contributed by atoms with Crippen molar-refractivity contribution in [3.8, 4) is 0 Å². The molecule has 0 aromatic heterocycles. The van der Waals surface area contributed by atoms with Gasteiger partial charge in [-0.25, -0.2) is 0 Å². The SMILES string of the molecule is CCCNCC(=O)N(C)CC(=O)NCC(C)C. The van der Waals surface area contributed by atoms with Gasteiger partial charge in [-0.05, 0) is 18.9 Å². The first-order valence-corrected chi connectivity index (χ1v) is 6.18. The summed E-state index contributed by atoms with van der Waals surface area (Å²) in [6, 6.07) is 0. The average Bonchev–Trinajstić information content (AvgIpc) is 2.26. The lowest BCUT2D eigenvalue weighted by Gasteiger charge is -2.17. The van der Waals surface area contributed by atoms with Gasteiger partial charge in [-0.15, -0.1) is 0 Å². The fourth-order valence-electron chi connectivity index (χ4n) is 1.18. The first-order valence-electron chi connectivity index (χ1n) is 6.18. The number of carbonyl (C=O) groups excluding carboxylic acids is 2. The van der Waals surface area contributed by atoms with Crippen molar-refractivity contribution < 1.29 is 9.59 Å². The lowest BCUT2D eigenvalue weighted by Crippen LogP contribution is -2.42. The van der Waals surface area contributed by atoms with Gasteiger partial charge in [-0.2, -0.15) is 0 Å². The number of hydrogen-bond donors (Lipinski definition) is 2. The highest BCUT2D eigenvalue weighted by Crippen LogP contribution is 1.88. The number of nitrogens with one attached hydrogen (secondary N) is 2. The summed E-state index contributed by atoms with van der Waals surface area (Å²) in [6.45, 7) is 7.99. The minimum atomic E-state index is -0.106. The highest BCUT2D eigenvalue weighted by molar-refractivity contribution is 5.85. The monoisotopic (exact) mass is 243 g/mol. The van der Waals surface area contributed by atoms with Gasteiger partial charge >= 0.3 is 0 Å². The number of amides is 2. The molecule has 0 spiro atoms. The zero-order valence-electron chi connectivity index (χ0n) is 11.4. The summed E-state index contributed by atoms with van der Waals surface area (Å²) in [7, 11) is 1.64. The maximum atomic E-state index is 11.6. The predicted octanol–water partition coefficient (Wildman–Crippen LogP) is 0.217. The van der Waals surface area contributed by atoms with E-state index in [-0.39, 0.29) is 18.4 Å². The second kappa shape index (κ2) is 8.98. The summed E-state index contributed by atoms with van der Waals surface area (Å²) in [5.41, 5.74) is 0. The number of carbonyl (C=O) groups is 2. The van der Waals surface area contributed by atoms with Crippen LogP contribution in [0.4, 0.5) is 0 Å². The largest absolute Gasteiger partial charge is 0.354 e. The minimum Gasteiger partial charge on any atom is -0.354 e. The highest BCUT2D eigenvalue weighted by atomic mass is 16.2. The quantitative estimate of drug-likeness (QED) is 0.599. The molecule has 0 aliphatic carbocycles. The van der Waals surface area contributed by atoms with Crippen molar-refractivity contribution in [3.63, 3.8) is 0 Å². The van der Waals surface area contributed by atoms with Crippen LogP contribution in [-0.4, -0.2) is 49.9 Å². The lowest BCUT2D eigenvalue weighted by molar-refractivity contribution is -0.134. The molecule has 0 atom stereocenters. The number of likely N-dealkylation sites (N-methyl/N-ethyl adjacent to an activating group) is 1. The van der Waals surface area contributed by atoms with E-state index in [0.717, 1.165) is 13.0 Å². The first kappa shape index (κ1) is 15.9. The molecule has 2 amide bonds. The van der Waals surface area contributed by atoms with Crippen molar-refractivity contribution in [1.82, 2.24) is 15.5 Å². The molecule has 0 rings (SSSR count). The van der Waals surface area contributed by atoms with E-state index in [1.54, 1.807) is 7.05 Å². The van der Waals surface area contributed by atoms with Gasteiger partial charge in [0.15, 0.2) is 0 Å². The van der Waals surface area contributed by atoms with Crippen molar-refractivity contribution in [2.75, 3.05) is 33.2 Å². The van der Waals surface area contributed by atoms with Crippen LogP contribution in [0.15, 0.2) is 0 Å². The van der Waals surface area contributed by atoms with E-state index in [4.69, 9.17) is 0 Å². The van der Waals surface area contributed by atoms with Gasteiger partial charge < -0.3 is 15.5 Å². The van der Waals surface area contributed by atoms with Crippen molar-refractivity contribution in [3.05, 3.63) is 0 Å². The van der Waals surface area contributed by atoms with Crippen LogP contribution in [0.5, 0.6) is 0 Å². The van der Waals surface area contributed by atoms with Crippen LogP contribution in [-0.2, 0) is 9.59 Å². The van der Waals surface area contributed by atoms with Crippen molar-refractivity contribution in [1.29, 1.82) is 0 Å². The van der Waals surface area contributed by atoms with Gasteiger partial charge in [0, 0.05) is 13.6 Å². The Morgan fingerprint density at radius 1 is 1.29 bits per heavy atom. The normalized spacial score (nSPS) is 10.4. The zero-order chi connectivity index (χ0) is 13.3. The van der Waals surface area contributed by atoms with E-state index >= 15 is 0 Å². The molecule has 0 unspecified atom stereocenters. The van der Waals surface area contributed by atoms with E-state index in [9.17, 15) is 9.59 Å². The zero-order valence-corrected chi connectivity index (χ0v) is 11.4. The van der Waals surface area contributed by atoms with E-state index in [2.05, 4.69) is 10.6 Å². The van der Waals surface area contributed by atoms with E-state index in [1.165, 1.54) is 4.90 Å². The van der Waals surface area contributed by atoms with Crippen LogP contribution < -0.4 is 10.6 Å². The Balaban J connectivity index is 3.78. The third-order valence-corrected chi connectivity index (χ3v) is 2.22. The third-order valence-electron chi connectivity index (χ3n) is 2.22. The molecule has 0 bridgehead atoms. The van der Waals surface area contributed by atoms with Gasteiger partial charge in [-0.3, -0.25) is 9.59 Å². The van der Waals surface area contributed by atoms with Crippen LogP contribution in [0.25, 0.3) is 0 Å². The molecular formula is C12H25N3O2. The first-order chi connectivity index (χ1) is 7.97. The fourth-order valence-corrected chi connectivity index (χ4v) is 1.18. The van der Waals surface area contributed by atoms with Crippen molar-refractivity contribution >= 4 is 11.8 Å². The molecule has 0 heterocycles. The molecule has 100 valence electrons. The average molecular weight is 243 g/mol. The number of nitrogens with zero attached hydrogens (tertiary/aromatic N) is 1. The molecule has 5 heteroatoms. The van der Waals surface area contributed by atoms with Crippen LogP contribution >= 0.6 is 0 Å². The van der Waals surface area contributed by atoms with E-state index in [0.29, 0.717) is 19.0 Å². The summed E-state index contributed by atoms with van der Waals surface area (Å²) in [5.74, 6) is 0.259. The molecule has 0 aromatic rings. The molecule has 0 aromatic carbocycles. The van der Waals surface area contributed by atoms with Gasteiger partial charge in [0.1, 0.15) is 0 Å². The smallest absolute Gasteiger partial charge is 0.239 e. The van der Waals surface area contributed by atoms with Crippen LogP contribution in [0.1, 0.15) is 27.2 Å². The number of rotatable bonds is 8. The summed E-state index contributed by atoms with van der Waals surface area (Å²) in [4.78, 5) is 24.5. The van der Waals surface area contributed by atoms with Crippen LogP contribution in [0, 0.1) is 5.92 Å². The molecule has 0 aliphatic heterocycles. The van der Waals surface area contributed by atoms with Gasteiger partial charge in [-0.1, -0.05) is 20.8 Å². The maximum Gasteiger partial charge on any atom is 0.239 e. The summed E-state index contributed by atoms with van der Waals surface area (Å²) >= 11 is 0. The van der Waals surface area contributed by atoms with Gasteiger partial charge in [0.2, 0.25) is 11.8 Å². The fraction of sp³-hybridized carbons (Fsp3) is 0.833. The van der Waals surface area contributed by atoms with Gasteiger partial charge in [0.25, 0.3) is 0 Å². The minimum absolute atomic E-state index is 0.0573. The molecule has 0 radical (unpaired) electrons. The molecule has 5 nitrogen and oxygen atoms in total. The molecule has 2 N–H and O–H groups in total. The topological polar surface area (TPSA) is 61.4 Å². The van der Waals surface area contributed by atoms with Crippen LogP contribution in [0.2, 0.25) is 0 Å². The Morgan fingerprint density at radius 2 is 1.94 bits per heavy atom. The second-order valence-electron chi connectivity index (χ2n) is 4.62. The Labute approximate surface area is 104 Å². The lowest BCUT2D eigenvalue weighted by atomic mass is 10.2. The van der Waals surface area contributed by atoms with Crippen molar-refractivity contribution in [2.24, 2.45) is 5.92 Å². The summed E-state index contributed by atoms with van der Waals surface area (Å²) in [5, 5.41) is 5.80. The Bertz CT molecular complexity index is 242. The molecule has 0 saturated heterocycles. The van der Waals surface area contributed by atoms with Crippen molar-refractivity contribution in [2.45, 2.75) is 27.2 Å². The molecule has 17 heavy (non-hydrogen) atoms. The standard InChI is InChI=1S/C12H25N3O2/c1-5-6-13-8-12(17)15(4)9-11(16)14-7-10(2)3/h10,13H,5-9H2,1-4H3,(H,14,16). The Hall–Kier alpha value is -1.10. The van der Waals surface area contributed by atoms with E-state index in [1.807, 2.05) is 20.8 Å². The third kappa shape index (κ3) is 8.68. The molecule has 0 saturated carbocycles. The van der Waals surface area contributed by atoms with E-state index < -0.39 is 0 Å². The highest BCUT2D eigenvalue weighted by Gasteiger charge is 2.12. The Kier molecular flexibility index (Phi) is 8.40. The number of hydrogen-bond acceptors (Lipinski definition) is 3. The molecule has 0 fully saturated rings.